The molecule has 0 unspecified atom stereocenters. The Balaban J connectivity index is 1.31. The Morgan fingerprint density at radius 1 is 0.941 bits per heavy atom. The molecule has 0 bridgehead atoms. The summed E-state index contributed by atoms with van der Waals surface area (Å²) < 4.78 is 39.6. The molecule has 4 fully saturated rings. The lowest BCUT2D eigenvalue weighted by Crippen LogP contribution is -2.57. The van der Waals surface area contributed by atoms with Gasteiger partial charge in [-0.3, -0.25) is 4.99 Å². The molecule has 6 nitrogen and oxygen atoms in total. The molecule has 4 aliphatic rings. The maximum atomic E-state index is 14.0. The maximum Gasteiger partial charge on any atom is 0.249 e. The summed E-state index contributed by atoms with van der Waals surface area (Å²) in [4.78, 5) is 18.3. The summed E-state index contributed by atoms with van der Waals surface area (Å²) in [6, 6.07) is 0.244. The Morgan fingerprint density at radius 3 is 1.85 bits per heavy atom. The van der Waals surface area contributed by atoms with Gasteiger partial charge in [0.15, 0.2) is 9.50 Å². The lowest BCUT2D eigenvalue weighted by Gasteiger charge is -2.58. The third-order valence-electron chi connectivity index (χ3n) is 7.40. The number of alkyl halides is 4. The van der Waals surface area contributed by atoms with Gasteiger partial charge in [-0.2, -0.15) is 15.0 Å². The highest BCUT2D eigenvalue weighted by molar-refractivity contribution is 14.1. The number of allylic oxidation sites excluding steroid dienone is 2. The zero-order valence-corrected chi connectivity index (χ0v) is 21.6. The SMILES string of the molecule is C=C/C=C(\N=C(C)C)c1nc(NC2CC3(C2)CC(F)(F)C3)nc(NC2CC3(C2)CC(F)(I)C3)n1. The standard InChI is InChI=1S/C24H30F3IN6/c1-4-5-17(29-14(2)3)18-32-19(30-15-6-21(7-15)10-23(25,26)11-21)34-20(33-18)31-16-8-22(9-16)12-24(27,28)13-22/h4-5,15-16H,1,6-13H2,2-3H3,(H2,30,31,32,33,34)/b17-5-. The fourth-order valence-electron chi connectivity index (χ4n) is 6.34. The fourth-order valence-corrected chi connectivity index (χ4v) is 7.96. The van der Waals surface area contributed by atoms with Gasteiger partial charge in [-0.05, 0) is 91.9 Å². The number of aliphatic imine (C=N–C) groups is 1. The van der Waals surface area contributed by atoms with Crippen molar-refractivity contribution in [1.29, 1.82) is 0 Å². The fraction of sp³-hybridized carbons (Fsp3) is 0.667. The molecule has 0 radical (unpaired) electrons. The van der Waals surface area contributed by atoms with Crippen LogP contribution in [0.15, 0.2) is 23.7 Å². The second-order valence-corrected chi connectivity index (χ2v) is 13.0. The van der Waals surface area contributed by atoms with E-state index in [2.05, 4.69) is 37.2 Å². The topological polar surface area (TPSA) is 75.1 Å². The zero-order valence-electron chi connectivity index (χ0n) is 19.5. The summed E-state index contributed by atoms with van der Waals surface area (Å²) in [6.45, 7) is 7.55. The van der Waals surface area contributed by atoms with Gasteiger partial charge in [-0.15, -0.1) is 0 Å². The molecule has 0 saturated heterocycles. The van der Waals surface area contributed by atoms with E-state index in [0.717, 1.165) is 18.6 Å². The lowest BCUT2D eigenvalue weighted by atomic mass is 9.52. The Labute approximate surface area is 211 Å². The van der Waals surface area contributed by atoms with Gasteiger partial charge in [-0.25, -0.2) is 13.2 Å². The first-order valence-corrected chi connectivity index (χ1v) is 12.9. The van der Waals surface area contributed by atoms with Crippen LogP contribution in [0.1, 0.15) is 71.0 Å². The minimum Gasteiger partial charge on any atom is -0.351 e. The van der Waals surface area contributed by atoms with E-state index in [1.807, 2.05) is 36.4 Å². The quantitative estimate of drug-likeness (QED) is 0.169. The Hall–Kier alpha value is -1.72. The van der Waals surface area contributed by atoms with Gasteiger partial charge in [0.05, 0.1) is 0 Å². The average molecular weight is 586 g/mol. The van der Waals surface area contributed by atoms with Gasteiger partial charge in [0.25, 0.3) is 0 Å². The number of anilines is 2. The van der Waals surface area contributed by atoms with Crippen molar-refractivity contribution in [2.45, 2.75) is 86.9 Å². The molecular formula is C24H30F3IN6. The highest BCUT2D eigenvalue weighted by Gasteiger charge is 2.62. The number of hydrogen-bond donors (Lipinski definition) is 2. The predicted octanol–water partition coefficient (Wildman–Crippen LogP) is 6.32. The van der Waals surface area contributed by atoms with Gasteiger partial charge in [0.1, 0.15) is 5.70 Å². The largest absolute Gasteiger partial charge is 0.351 e. The first kappa shape index (κ1) is 24.0. The van der Waals surface area contributed by atoms with E-state index in [-0.39, 0.29) is 35.8 Å². The molecule has 0 aromatic carbocycles. The van der Waals surface area contributed by atoms with E-state index in [9.17, 15) is 13.2 Å². The van der Waals surface area contributed by atoms with Crippen LogP contribution in [-0.4, -0.2) is 42.3 Å². The smallest absolute Gasteiger partial charge is 0.249 e. The highest BCUT2D eigenvalue weighted by Crippen LogP contribution is 2.65. The van der Waals surface area contributed by atoms with Crippen LogP contribution in [0.5, 0.6) is 0 Å². The maximum absolute atomic E-state index is 14.0. The Bertz CT molecular complexity index is 973. The molecular weight excluding hydrogens is 556 g/mol. The van der Waals surface area contributed by atoms with Crippen LogP contribution in [0.3, 0.4) is 0 Å². The van der Waals surface area contributed by atoms with Crippen molar-refractivity contribution in [2.75, 3.05) is 10.6 Å². The lowest BCUT2D eigenvalue weighted by molar-refractivity contribution is -0.193. The molecule has 0 aliphatic heterocycles. The van der Waals surface area contributed by atoms with Crippen LogP contribution >= 0.6 is 22.6 Å². The summed E-state index contributed by atoms with van der Waals surface area (Å²) in [5, 5.41) is 6.71. The Morgan fingerprint density at radius 2 is 1.44 bits per heavy atom. The molecule has 4 saturated carbocycles. The van der Waals surface area contributed by atoms with E-state index < -0.39 is 9.60 Å². The monoisotopic (exact) mass is 586 g/mol. The van der Waals surface area contributed by atoms with Crippen LogP contribution < -0.4 is 10.6 Å². The number of halogens is 4. The molecule has 1 heterocycles. The van der Waals surface area contributed by atoms with Gasteiger partial charge in [0.2, 0.25) is 17.8 Å². The van der Waals surface area contributed by atoms with Crippen LogP contribution in [0.25, 0.3) is 5.70 Å². The number of nitrogens with one attached hydrogen (secondary N) is 2. The zero-order chi connectivity index (χ0) is 24.4. The van der Waals surface area contributed by atoms with Crippen molar-refractivity contribution in [3.63, 3.8) is 0 Å². The molecule has 184 valence electrons. The third-order valence-corrected chi connectivity index (χ3v) is 8.17. The average Bonchev–Trinajstić information content (AvgIpc) is 2.61. The molecule has 1 aromatic rings. The molecule has 0 amide bonds. The highest BCUT2D eigenvalue weighted by atomic mass is 127. The third kappa shape index (κ3) is 4.83. The molecule has 1 aromatic heterocycles. The molecule has 10 heteroatoms. The van der Waals surface area contributed by atoms with Gasteiger partial charge >= 0.3 is 0 Å². The second-order valence-electron chi connectivity index (χ2n) is 11.1. The summed E-state index contributed by atoms with van der Waals surface area (Å²) in [6.07, 6.45) is 7.73. The van der Waals surface area contributed by atoms with Gasteiger partial charge in [-0.1, -0.05) is 12.7 Å². The molecule has 34 heavy (non-hydrogen) atoms. The van der Waals surface area contributed by atoms with Crippen molar-refractivity contribution in [3.8, 4) is 0 Å². The number of nitrogens with zero attached hydrogens (tertiary/aromatic N) is 4. The van der Waals surface area contributed by atoms with Gasteiger partial charge in [0, 0.05) is 30.6 Å². The van der Waals surface area contributed by atoms with Crippen LogP contribution in [-0.2, 0) is 0 Å². The van der Waals surface area contributed by atoms with E-state index in [1.165, 1.54) is 0 Å². The molecule has 4 aliphatic carbocycles. The van der Waals surface area contributed by atoms with E-state index in [1.54, 1.807) is 12.2 Å². The molecule has 5 rings (SSSR count). The molecule has 0 atom stereocenters. The molecule has 2 N–H and O–H groups in total. The van der Waals surface area contributed by atoms with Crippen molar-refractivity contribution in [3.05, 3.63) is 24.6 Å². The second kappa shape index (κ2) is 8.16. The van der Waals surface area contributed by atoms with Crippen molar-refractivity contribution >= 4 is 45.9 Å². The van der Waals surface area contributed by atoms with Crippen LogP contribution in [0.4, 0.5) is 25.1 Å². The minimum absolute atomic E-state index is 0.0228. The summed E-state index contributed by atoms with van der Waals surface area (Å²) in [5.74, 6) is -1.25. The van der Waals surface area contributed by atoms with Crippen molar-refractivity contribution in [1.82, 2.24) is 15.0 Å². The van der Waals surface area contributed by atoms with E-state index in [4.69, 9.17) is 0 Å². The predicted molar refractivity (Wildman–Crippen MR) is 136 cm³/mol. The number of aromatic nitrogens is 3. The number of rotatable bonds is 7. The minimum atomic E-state index is -2.51. The summed E-state index contributed by atoms with van der Waals surface area (Å²) in [5.41, 5.74) is 1.29. The van der Waals surface area contributed by atoms with Gasteiger partial charge < -0.3 is 10.6 Å². The van der Waals surface area contributed by atoms with Crippen LogP contribution in [0.2, 0.25) is 0 Å². The summed E-state index contributed by atoms with van der Waals surface area (Å²) in [7, 11) is 0. The summed E-state index contributed by atoms with van der Waals surface area (Å²) >= 11 is 1.91. The van der Waals surface area contributed by atoms with Crippen molar-refractivity contribution < 1.29 is 13.2 Å². The molecule has 2 spiro atoms. The van der Waals surface area contributed by atoms with E-state index >= 15 is 0 Å². The first-order valence-electron chi connectivity index (χ1n) is 11.8. The first-order chi connectivity index (χ1) is 15.9. The number of hydrogen-bond acceptors (Lipinski definition) is 6. The van der Waals surface area contributed by atoms with Crippen molar-refractivity contribution in [2.24, 2.45) is 15.8 Å². The normalized spacial score (nSPS) is 33.2. The van der Waals surface area contributed by atoms with E-state index in [0.29, 0.717) is 49.1 Å². The Kier molecular flexibility index (Phi) is 5.76. The van der Waals surface area contributed by atoms with Crippen LogP contribution in [0, 0.1) is 10.8 Å².